The second-order valence-electron chi connectivity index (χ2n) is 2.41. The molecule has 0 bridgehead atoms. The van der Waals surface area contributed by atoms with Crippen molar-refractivity contribution in [2.45, 2.75) is 13.5 Å². The van der Waals surface area contributed by atoms with Crippen LogP contribution in [0.15, 0.2) is 29.3 Å². The lowest BCUT2D eigenvalue weighted by molar-refractivity contribution is -0.117. The van der Waals surface area contributed by atoms with E-state index in [2.05, 4.69) is 0 Å². The summed E-state index contributed by atoms with van der Waals surface area (Å²) >= 11 is 0. The second-order valence-corrected chi connectivity index (χ2v) is 2.41. The highest BCUT2D eigenvalue weighted by atomic mass is 16.1. The minimum atomic E-state index is -0.0372. The van der Waals surface area contributed by atoms with Crippen molar-refractivity contribution in [3.8, 4) is 0 Å². The second kappa shape index (κ2) is 3.14. The number of hydrogen-bond donors (Lipinski definition) is 0. The molecule has 0 radical (unpaired) electrons. The Hall–Kier alpha value is -1.38. The topological polar surface area (TPSA) is 39.1 Å². The number of ketones is 1. The Labute approximate surface area is 64.3 Å². The molecule has 0 aliphatic carbocycles. The molecule has 0 atom stereocenters. The highest BCUT2D eigenvalue weighted by Gasteiger charge is 1.92. The number of aromatic nitrogens is 1. The SMILES string of the molecule is CC(=O)Cn1ccc(=O)cc1. The maximum atomic E-state index is 10.6. The van der Waals surface area contributed by atoms with Gasteiger partial charge in [-0.15, -0.1) is 0 Å². The lowest BCUT2D eigenvalue weighted by Gasteiger charge is -1.99. The molecule has 0 saturated heterocycles. The molecule has 0 saturated carbocycles. The molecule has 0 aliphatic heterocycles. The third kappa shape index (κ3) is 2.37. The van der Waals surface area contributed by atoms with E-state index >= 15 is 0 Å². The van der Waals surface area contributed by atoms with Crippen LogP contribution in [0.4, 0.5) is 0 Å². The summed E-state index contributed by atoms with van der Waals surface area (Å²) < 4.78 is 1.67. The van der Waals surface area contributed by atoms with Gasteiger partial charge in [-0.25, -0.2) is 0 Å². The Bertz CT molecular complexity index is 294. The summed E-state index contributed by atoms with van der Waals surface area (Å²) in [6.07, 6.45) is 3.20. The molecule has 11 heavy (non-hydrogen) atoms. The van der Waals surface area contributed by atoms with Gasteiger partial charge in [0.15, 0.2) is 5.43 Å². The largest absolute Gasteiger partial charge is 0.347 e. The number of pyridine rings is 1. The molecular weight excluding hydrogens is 142 g/mol. The van der Waals surface area contributed by atoms with Crippen LogP contribution in [0.2, 0.25) is 0 Å². The van der Waals surface area contributed by atoms with Gasteiger partial charge in [-0.3, -0.25) is 9.59 Å². The molecule has 1 aromatic heterocycles. The van der Waals surface area contributed by atoms with Gasteiger partial charge >= 0.3 is 0 Å². The van der Waals surface area contributed by atoms with Crippen LogP contribution >= 0.6 is 0 Å². The van der Waals surface area contributed by atoms with Crippen molar-refractivity contribution in [3.63, 3.8) is 0 Å². The van der Waals surface area contributed by atoms with Crippen molar-refractivity contribution < 1.29 is 4.79 Å². The molecule has 0 aliphatic rings. The van der Waals surface area contributed by atoms with Crippen molar-refractivity contribution in [1.29, 1.82) is 0 Å². The Balaban J connectivity index is 2.82. The quantitative estimate of drug-likeness (QED) is 0.615. The highest BCUT2D eigenvalue weighted by molar-refractivity contribution is 5.75. The van der Waals surface area contributed by atoms with Gasteiger partial charge in [-0.1, -0.05) is 0 Å². The van der Waals surface area contributed by atoms with Crippen molar-refractivity contribution in [2.75, 3.05) is 0 Å². The van der Waals surface area contributed by atoms with Crippen molar-refractivity contribution in [3.05, 3.63) is 34.7 Å². The number of Topliss-reactive ketones (excluding diaryl/α,β-unsaturated/α-hetero) is 1. The third-order valence-electron chi connectivity index (χ3n) is 1.27. The van der Waals surface area contributed by atoms with Crippen LogP contribution in [0.1, 0.15) is 6.92 Å². The van der Waals surface area contributed by atoms with E-state index in [4.69, 9.17) is 0 Å². The molecule has 3 heteroatoms. The van der Waals surface area contributed by atoms with Gasteiger partial charge in [0.2, 0.25) is 0 Å². The molecule has 1 aromatic rings. The van der Waals surface area contributed by atoms with E-state index in [1.165, 1.54) is 19.1 Å². The number of carbonyl (C=O) groups is 1. The number of rotatable bonds is 2. The molecule has 58 valence electrons. The zero-order valence-corrected chi connectivity index (χ0v) is 6.28. The first-order valence-corrected chi connectivity index (χ1v) is 3.34. The van der Waals surface area contributed by atoms with Crippen LogP contribution in [-0.2, 0) is 11.3 Å². The zero-order valence-electron chi connectivity index (χ0n) is 6.28. The minimum absolute atomic E-state index is 0.0372. The van der Waals surface area contributed by atoms with Crippen molar-refractivity contribution in [1.82, 2.24) is 4.57 Å². The maximum Gasteiger partial charge on any atom is 0.181 e. The Morgan fingerprint density at radius 1 is 1.45 bits per heavy atom. The van der Waals surface area contributed by atoms with E-state index in [0.29, 0.717) is 6.54 Å². The fraction of sp³-hybridized carbons (Fsp3) is 0.250. The van der Waals surface area contributed by atoms with E-state index in [1.807, 2.05) is 0 Å². The number of carbonyl (C=O) groups excluding carboxylic acids is 1. The molecule has 1 heterocycles. The summed E-state index contributed by atoms with van der Waals surface area (Å²) in [4.78, 5) is 21.2. The van der Waals surface area contributed by atoms with E-state index in [-0.39, 0.29) is 11.2 Å². The lowest BCUT2D eigenvalue weighted by Crippen LogP contribution is -2.08. The maximum absolute atomic E-state index is 10.6. The van der Waals surface area contributed by atoms with Crippen LogP contribution in [0.3, 0.4) is 0 Å². The molecule has 0 amide bonds. The van der Waals surface area contributed by atoms with Gasteiger partial charge in [0, 0.05) is 24.5 Å². The number of nitrogens with zero attached hydrogens (tertiary/aromatic N) is 1. The zero-order chi connectivity index (χ0) is 8.27. The summed E-state index contributed by atoms with van der Waals surface area (Å²) in [5.41, 5.74) is -0.0372. The predicted molar refractivity (Wildman–Crippen MR) is 41.4 cm³/mol. The van der Waals surface area contributed by atoms with Crippen LogP contribution in [-0.4, -0.2) is 10.4 Å². The van der Waals surface area contributed by atoms with E-state index in [1.54, 1.807) is 17.0 Å². The predicted octanol–water partition coefficient (Wildman–Crippen LogP) is 0.437. The summed E-state index contributed by atoms with van der Waals surface area (Å²) in [5, 5.41) is 0. The van der Waals surface area contributed by atoms with Crippen LogP contribution in [0, 0.1) is 0 Å². The van der Waals surface area contributed by atoms with Gasteiger partial charge < -0.3 is 4.57 Å². The van der Waals surface area contributed by atoms with Gasteiger partial charge in [0.1, 0.15) is 5.78 Å². The fourth-order valence-corrected chi connectivity index (χ4v) is 0.806. The highest BCUT2D eigenvalue weighted by Crippen LogP contribution is 1.84. The smallest absolute Gasteiger partial charge is 0.181 e. The molecule has 0 unspecified atom stereocenters. The van der Waals surface area contributed by atoms with Crippen molar-refractivity contribution >= 4 is 5.78 Å². The van der Waals surface area contributed by atoms with Crippen LogP contribution in [0.25, 0.3) is 0 Å². The first-order chi connectivity index (χ1) is 5.18. The summed E-state index contributed by atoms with van der Waals surface area (Å²) in [6.45, 7) is 1.85. The Morgan fingerprint density at radius 3 is 2.45 bits per heavy atom. The monoisotopic (exact) mass is 151 g/mol. The average Bonchev–Trinajstić information content (AvgIpc) is 1.93. The van der Waals surface area contributed by atoms with Gasteiger partial charge in [-0.05, 0) is 6.92 Å². The first kappa shape index (κ1) is 7.72. The Morgan fingerprint density at radius 2 is 2.00 bits per heavy atom. The van der Waals surface area contributed by atoms with Crippen molar-refractivity contribution in [2.24, 2.45) is 0 Å². The molecular formula is C8H9NO2. The summed E-state index contributed by atoms with van der Waals surface area (Å²) in [7, 11) is 0. The summed E-state index contributed by atoms with van der Waals surface area (Å²) in [6, 6.07) is 2.87. The number of hydrogen-bond acceptors (Lipinski definition) is 2. The van der Waals surface area contributed by atoms with E-state index < -0.39 is 0 Å². The molecule has 3 nitrogen and oxygen atoms in total. The molecule has 0 fully saturated rings. The first-order valence-electron chi connectivity index (χ1n) is 3.34. The van der Waals surface area contributed by atoms with E-state index in [9.17, 15) is 9.59 Å². The molecule has 0 spiro atoms. The minimum Gasteiger partial charge on any atom is -0.347 e. The van der Waals surface area contributed by atoms with Crippen LogP contribution < -0.4 is 5.43 Å². The average molecular weight is 151 g/mol. The van der Waals surface area contributed by atoms with E-state index in [0.717, 1.165) is 0 Å². The normalized spacial score (nSPS) is 9.55. The third-order valence-corrected chi connectivity index (χ3v) is 1.27. The van der Waals surface area contributed by atoms with Crippen LogP contribution in [0.5, 0.6) is 0 Å². The van der Waals surface area contributed by atoms with Gasteiger partial charge in [0.25, 0.3) is 0 Å². The van der Waals surface area contributed by atoms with Gasteiger partial charge in [0.05, 0.1) is 6.54 Å². The lowest BCUT2D eigenvalue weighted by atomic mass is 10.4. The molecule has 1 rings (SSSR count). The summed E-state index contributed by atoms with van der Waals surface area (Å²) in [5.74, 6) is 0.0775. The Kier molecular flexibility index (Phi) is 2.21. The molecule has 0 aromatic carbocycles. The standard InChI is InChI=1S/C8H9NO2/c1-7(10)6-9-4-2-8(11)3-5-9/h2-5H,6H2,1H3. The van der Waals surface area contributed by atoms with Gasteiger partial charge in [-0.2, -0.15) is 0 Å². The molecule has 0 N–H and O–H groups in total. The fourth-order valence-electron chi connectivity index (χ4n) is 0.806.